The van der Waals surface area contributed by atoms with E-state index in [-0.39, 0.29) is 18.4 Å². The molecule has 0 radical (unpaired) electrons. The second kappa shape index (κ2) is 6.78. The van der Waals surface area contributed by atoms with Crippen molar-refractivity contribution in [2.24, 2.45) is 0 Å². The average Bonchev–Trinajstić information content (AvgIpc) is 2.33. The van der Waals surface area contributed by atoms with E-state index in [0.717, 1.165) is 5.56 Å². The normalized spacial score (nSPS) is 15.4. The van der Waals surface area contributed by atoms with Crippen LogP contribution >= 0.6 is 0 Å². The molecule has 0 heterocycles. The molecular formula is C14H20F3N. The van der Waals surface area contributed by atoms with E-state index in [9.17, 15) is 13.2 Å². The summed E-state index contributed by atoms with van der Waals surface area (Å²) in [6, 6.07) is 9.52. The molecule has 1 aromatic rings. The lowest BCUT2D eigenvalue weighted by Gasteiger charge is -2.25. The predicted molar refractivity (Wildman–Crippen MR) is 67.6 cm³/mol. The molecule has 1 rings (SSSR count). The van der Waals surface area contributed by atoms with Crippen LogP contribution in [0, 0.1) is 0 Å². The zero-order chi connectivity index (χ0) is 13.6. The van der Waals surface area contributed by atoms with Gasteiger partial charge < -0.3 is 5.32 Å². The Kier molecular flexibility index (Phi) is 5.66. The molecule has 0 saturated heterocycles. The molecule has 0 aliphatic rings. The van der Waals surface area contributed by atoms with Gasteiger partial charge in [0, 0.05) is 12.5 Å². The third-order valence-electron chi connectivity index (χ3n) is 3.13. The fourth-order valence-electron chi connectivity index (χ4n) is 2.10. The second-order valence-electron chi connectivity index (χ2n) is 4.52. The highest BCUT2D eigenvalue weighted by molar-refractivity contribution is 5.20. The van der Waals surface area contributed by atoms with Crippen molar-refractivity contribution in [2.45, 2.75) is 44.8 Å². The van der Waals surface area contributed by atoms with Crippen LogP contribution in [0.5, 0.6) is 0 Å². The molecule has 1 nitrogen and oxygen atoms in total. The first kappa shape index (κ1) is 15.0. The highest BCUT2D eigenvalue weighted by atomic mass is 19.4. The van der Waals surface area contributed by atoms with E-state index >= 15 is 0 Å². The summed E-state index contributed by atoms with van der Waals surface area (Å²) in [5.74, 6) is 0.0773. The van der Waals surface area contributed by atoms with Gasteiger partial charge in [0.2, 0.25) is 0 Å². The van der Waals surface area contributed by atoms with Gasteiger partial charge in [-0.1, -0.05) is 44.2 Å². The van der Waals surface area contributed by atoms with Crippen molar-refractivity contribution in [1.29, 1.82) is 0 Å². The lowest BCUT2D eigenvalue weighted by atomic mass is 9.90. The van der Waals surface area contributed by atoms with E-state index < -0.39 is 12.6 Å². The zero-order valence-electron chi connectivity index (χ0n) is 10.8. The largest absolute Gasteiger partial charge is 0.389 e. The maximum Gasteiger partial charge on any atom is 0.389 e. The molecule has 2 atom stereocenters. The Morgan fingerprint density at radius 3 is 2.28 bits per heavy atom. The van der Waals surface area contributed by atoms with Crippen molar-refractivity contribution in [3.8, 4) is 0 Å². The summed E-state index contributed by atoms with van der Waals surface area (Å²) in [6.07, 6.45) is -4.70. The second-order valence-corrected chi connectivity index (χ2v) is 4.52. The van der Waals surface area contributed by atoms with Gasteiger partial charge in [-0.05, 0) is 24.4 Å². The molecule has 0 aliphatic heterocycles. The summed E-state index contributed by atoms with van der Waals surface area (Å²) in [5.41, 5.74) is 1.07. The Hall–Kier alpha value is -1.03. The minimum atomic E-state index is -4.08. The van der Waals surface area contributed by atoms with Crippen LogP contribution in [0.2, 0.25) is 0 Å². The van der Waals surface area contributed by atoms with Gasteiger partial charge in [0.25, 0.3) is 0 Å². The maximum atomic E-state index is 12.3. The minimum absolute atomic E-state index is 0.0773. The SMILES string of the molecule is CCNC(CCC(F)(F)F)C(C)c1ccccc1. The van der Waals surface area contributed by atoms with Crippen LogP contribution in [-0.2, 0) is 0 Å². The number of likely N-dealkylation sites (N-methyl/N-ethyl adjacent to an activating group) is 1. The van der Waals surface area contributed by atoms with Gasteiger partial charge >= 0.3 is 6.18 Å². The van der Waals surface area contributed by atoms with E-state index in [1.807, 2.05) is 44.2 Å². The number of benzene rings is 1. The van der Waals surface area contributed by atoms with Gasteiger partial charge in [-0.15, -0.1) is 0 Å². The summed E-state index contributed by atoms with van der Waals surface area (Å²) in [7, 11) is 0. The number of halogens is 3. The van der Waals surface area contributed by atoms with E-state index in [2.05, 4.69) is 5.32 Å². The van der Waals surface area contributed by atoms with Crippen molar-refractivity contribution >= 4 is 0 Å². The first-order valence-electron chi connectivity index (χ1n) is 6.29. The van der Waals surface area contributed by atoms with Crippen LogP contribution in [0.15, 0.2) is 30.3 Å². The lowest BCUT2D eigenvalue weighted by Crippen LogP contribution is -2.34. The molecule has 0 amide bonds. The van der Waals surface area contributed by atoms with Crippen molar-refractivity contribution in [3.63, 3.8) is 0 Å². The number of rotatable bonds is 6. The van der Waals surface area contributed by atoms with Crippen molar-refractivity contribution < 1.29 is 13.2 Å². The Morgan fingerprint density at radius 2 is 1.78 bits per heavy atom. The summed E-state index contributed by atoms with van der Waals surface area (Å²) in [5, 5.41) is 3.15. The zero-order valence-corrected chi connectivity index (χ0v) is 10.8. The Bertz CT molecular complexity index is 335. The fourth-order valence-corrected chi connectivity index (χ4v) is 2.10. The Balaban J connectivity index is 2.66. The number of nitrogens with one attached hydrogen (secondary N) is 1. The lowest BCUT2D eigenvalue weighted by molar-refractivity contribution is -0.136. The first-order valence-corrected chi connectivity index (χ1v) is 6.29. The van der Waals surface area contributed by atoms with Gasteiger partial charge in [0.05, 0.1) is 0 Å². The third-order valence-corrected chi connectivity index (χ3v) is 3.13. The summed E-state index contributed by atoms with van der Waals surface area (Å²) in [6.45, 7) is 4.57. The summed E-state index contributed by atoms with van der Waals surface area (Å²) >= 11 is 0. The van der Waals surface area contributed by atoms with Crippen LogP contribution in [-0.4, -0.2) is 18.8 Å². The third kappa shape index (κ3) is 5.08. The van der Waals surface area contributed by atoms with Gasteiger partial charge in [-0.25, -0.2) is 0 Å². The van der Waals surface area contributed by atoms with E-state index in [4.69, 9.17) is 0 Å². The van der Waals surface area contributed by atoms with Gasteiger partial charge in [-0.2, -0.15) is 13.2 Å². The molecule has 0 aliphatic carbocycles. The predicted octanol–water partition coefficient (Wildman–Crippen LogP) is 4.11. The minimum Gasteiger partial charge on any atom is -0.314 e. The number of hydrogen-bond acceptors (Lipinski definition) is 1. The molecule has 102 valence electrons. The van der Waals surface area contributed by atoms with Crippen LogP contribution in [0.3, 0.4) is 0 Å². The molecule has 4 heteroatoms. The highest BCUT2D eigenvalue weighted by Gasteiger charge is 2.29. The first-order chi connectivity index (χ1) is 8.44. The van der Waals surface area contributed by atoms with Crippen LogP contribution in [0.4, 0.5) is 13.2 Å². The molecule has 0 fully saturated rings. The highest BCUT2D eigenvalue weighted by Crippen LogP contribution is 2.27. The van der Waals surface area contributed by atoms with E-state index in [1.165, 1.54) is 0 Å². The van der Waals surface area contributed by atoms with Gasteiger partial charge in [-0.3, -0.25) is 0 Å². The number of alkyl halides is 3. The molecule has 1 N–H and O–H groups in total. The molecule has 1 aromatic carbocycles. The Morgan fingerprint density at radius 1 is 1.17 bits per heavy atom. The molecule has 0 bridgehead atoms. The molecule has 18 heavy (non-hydrogen) atoms. The van der Waals surface area contributed by atoms with Crippen molar-refractivity contribution in [3.05, 3.63) is 35.9 Å². The van der Waals surface area contributed by atoms with E-state index in [1.54, 1.807) is 0 Å². The molecule has 0 saturated carbocycles. The fraction of sp³-hybridized carbons (Fsp3) is 0.571. The van der Waals surface area contributed by atoms with Gasteiger partial charge in [0.15, 0.2) is 0 Å². The van der Waals surface area contributed by atoms with Crippen molar-refractivity contribution in [1.82, 2.24) is 5.32 Å². The summed E-state index contributed by atoms with van der Waals surface area (Å²) < 4.78 is 36.9. The van der Waals surface area contributed by atoms with Crippen LogP contribution in [0.25, 0.3) is 0 Å². The monoisotopic (exact) mass is 259 g/mol. The topological polar surface area (TPSA) is 12.0 Å². The summed E-state index contributed by atoms with van der Waals surface area (Å²) in [4.78, 5) is 0. The smallest absolute Gasteiger partial charge is 0.314 e. The van der Waals surface area contributed by atoms with Gasteiger partial charge in [0.1, 0.15) is 0 Å². The molecule has 2 unspecified atom stereocenters. The molecular weight excluding hydrogens is 239 g/mol. The van der Waals surface area contributed by atoms with Crippen LogP contribution in [0.1, 0.15) is 38.2 Å². The molecule has 0 aromatic heterocycles. The van der Waals surface area contributed by atoms with E-state index in [0.29, 0.717) is 6.54 Å². The maximum absolute atomic E-state index is 12.3. The van der Waals surface area contributed by atoms with Crippen molar-refractivity contribution in [2.75, 3.05) is 6.54 Å². The average molecular weight is 259 g/mol. The number of hydrogen-bond donors (Lipinski definition) is 1. The quantitative estimate of drug-likeness (QED) is 0.810. The van der Waals surface area contributed by atoms with Crippen LogP contribution < -0.4 is 5.32 Å². The standard InChI is InChI=1S/C14H20F3N/c1-3-18-13(9-10-14(15,16)17)11(2)12-7-5-4-6-8-12/h4-8,11,13,18H,3,9-10H2,1-2H3. The molecule has 0 spiro atoms. The Labute approximate surface area is 106 Å².